The van der Waals surface area contributed by atoms with Crippen LogP contribution in [0, 0.1) is 5.92 Å². The number of carboxylic acid groups (broad SMARTS) is 1. The van der Waals surface area contributed by atoms with Gasteiger partial charge in [-0.2, -0.15) is 0 Å². The van der Waals surface area contributed by atoms with Crippen LogP contribution in [0.4, 0.5) is 4.79 Å². The molecule has 7 nitrogen and oxygen atoms in total. The standard InChI is InChI=1S/C14H26N2O5/c1-4-11(6-7-12(17)18)8-9-15-14(20)16(5-2)10-13(19)21-3/h11H,4-10H2,1-3H3,(H,15,20)(H,17,18). The zero-order valence-corrected chi connectivity index (χ0v) is 13.1. The van der Waals surface area contributed by atoms with E-state index >= 15 is 0 Å². The van der Waals surface area contributed by atoms with Crippen molar-refractivity contribution in [2.45, 2.75) is 39.5 Å². The fourth-order valence-corrected chi connectivity index (χ4v) is 1.92. The summed E-state index contributed by atoms with van der Waals surface area (Å²) in [5.41, 5.74) is 0. The van der Waals surface area contributed by atoms with Crippen LogP contribution in [-0.4, -0.2) is 54.7 Å². The molecule has 0 radical (unpaired) electrons. The molecule has 0 bridgehead atoms. The van der Waals surface area contributed by atoms with Crippen LogP contribution in [0.1, 0.15) is 39.5 Å². The molecule has 0 aliphatic heterocycles. The van der Waals surface area contributed by atoms with Crippen LogP contribution in [0.3, 0.4) is 0 Å². The van der Waals surface area contributed by atoms with Crippen molar-refractivity contribution in [2.75, 3.05) is 26.7 Å². The minimum absolute atomic E-state index is 0.0744. The summed E-state index contributed by atoms with van der Waals surface area (Å²) in [7, 11) is 1.28. The molecule has 21 heavy (non-hydrogen) atoms. The normalized spacial score (nSPS) is 11.6. The van der Waals surface area contributed by atoms with Gasteiger partial charge in [-0.1, -0.05) is 13.3 Å². The van der Waals surface area contributed by atoms with Gasteiger partial charge in [0.05, 0.1) is 7.11 Å². The van der Waals surface area contributed by atoms with Gasteiger partial charge in [0.2, 0.25) is 0 Å². The summed E-state index contributed by atoms with van der Waals surface area (Å²) in [5.74, 6) is -0.982. The van der Waals surface area contributed by atoms with E-state index in [1.165, 1.54) is 12.0 Å². The summed E-state index contributed by atoms with van der Waals surface area (Å²) >= 11 is 0. The Morgan fingerprint density at radius 3 is 2.38 bits per heavy atom. The zero-order chi connectivity index (χ0) is 16.3. The van der Waals surface area contributed by atoms with Gasteiger partial charge in [0, 0.05) is 19.5 Å². The maximum absolute atomic E-state index is 11.9. The van der Waals surface area contributed by atoms with E-state index in [1.807, 2.05) is 6.92 Å². The maximum atomic E-state index is 11.9. The lowest BCUT2D eigenvalue weighted by Gasteiger charge is -2.21. The maximum Gasteiger partial charge on any atom is 0.325 e. The number of hydrogen-bond acceptors (Lipinski definition) is 4. The number of esters is 1. The number of urea groups is 1. The summed E-state index contributed by atoms with van der Waals surface area (Å²) in [5, 5.41) is 11.4. The van der Waals surface area contributed by atoms with E-state index < -0.39 is 11.9 Å². The fourth-order valence-electron chi connectivity index (χ4n) is 1.92. The van der Waals surface area contributed by atoms with Crippen LogP contribution >= 0.6 is 0 Å². The van der Waals surface area contributed by atoms with Crippen molar-refractivity contribution < 1.29 is 24.2 Å². The lowest BCUT2D eigenvalue weighted by atomic mass is 9.97. The van der Waals surface area contributed by atoms with E-state index in [-0.39, 0.29) is 24.9 Å². The van der Waals surface area contributed by atoms with E-state index in [0.717, 1.165) is 12.8 Å². The van der Waals surface area contributed by atoms with Crippen LogP contribution in [0.25, 0.3) is 0 Å². The number of carbonyl (C=O) groups is 3. The van der Waals surface area contributed by atoms with Gasteiger partial charge in [-0.15, -0.1) is 0 Å². The molecule has 0 saturated heterocycles. The Labute approximate surface area is 125 Å². The third-order valence-corrected chi connectivity index (χ3v) is 3.39. The van der Waals surface area contributed by atoms with E-state index in [9.17, 15) is 14.4 Å². The number of rotatable bonds is 10. The summed E-state index contributed by atoms with van der Waals surface area (Å²) in [6.45, 7) is 4.59. The monoisotopic (exact) mass is 302 g/mol. The average molecular weight is 302 g/mol. The third kappa shape index (κ3) is 8.88. The molecule has 122 valence electrons. The summed E-state index contributed by atoms with van der Waals surface area (Å²) < 4.78 is 4.53. The predicted molar refractivity (Wildman–Crippen MR) is 77.9 cm³/mol. The second-order valence-corrected chi connectivity index (χ2v) is 4.82. The van der Waals surface area contributed by atoms with Crippen LogP contribution < -0.4 is 5.32 Å². The number of hydrogen-bond donors (Lipinski definition) is 2. The van der Waals surface area contributed by atoms with Crippen molar-refractivity contribution in [3.63, 3.8) is 0 Å². The summed E-state index contributed by atoms with van der Waals surface area (Å²) in [6, 6.07) is -0.309. The number of carbonyl (C=O) groups excluding carboxylic acids is 2. The fraction of sp³-hybridized carbons (Fsp3) is 0.786. The molecule has 0 aliphatic carbocycles. The molecule has 0 aromatic heterocycles. The molecule has 1 atom stereocenters. The molecule has 1 unspecified atom stereocenters. The first-order valence-corrected chi connectivity index (χ1v) is 7.25. The largest absolute Gasteiger partial charge is 0.481 e. The highest BCUT2D eigenvalue weighted by Crippen LogP contribution is 2.14. The van der Waals surface area contributed by atoms with Crippen LogP contribution in [0.15, 0.2) is 0 Å². The van der Waals surface area contributed by atoms with Gasteiger partial charge in [-0.3, -0.25) is 9.59 Å². The topological polar surface area (TPSA) is 95.9 Å². The average Bonchev–Trinajstić information content (AvgIpc) is 2.47. The van der Waals surface area contributed by atoms with E-state index in [0.29, 0.717) is 19.5 Å². The second-order valence-electron chi connectivity index (χ2n) is 4.82. The number of aliphatic carboxylic acids is 1. The smallest absolute Gasteiger partial charge is 0.325 e. The molecule has 0 aromatic rings. The second kappa shape index (κ2) is 10.9. The number of amides is 2. The Kier molecular flexibility index (Phi) is 10.0. The van der Waals surface area contributed by atoms with E-state index in [1.54, 1.807) is 6.92 Å². The lowest BCUT2D eigenvalue weighted by molar-refractivity contribution is -0.141. The van der Waals surface area contributed by atoms with Crippen molar-refractivity contribution in [3.8, 4) is 0 Å². The number of methoxy groups -OCH3 is 1. The third-order valence-electron chi connectivity index (χ3n) is 3.39. The highest BCUT2D eigenvalue weighted by molar-refractivity contribution is 5.80. The first-order chi connectivity index (χ1) is 9.94. The molecule has 0 heterocycles. The Morgan fingerprint density at radius 1 is 1.24 bits per heavy atom. The van der Waals surface area contributed by atoms with Gasteiger partial charge in [0.15, 0.2) is 0 Å². The van der Waals surface area contributed by atoms with Crippen LogP contribution in [0.5, 0.6) is 0 Å². The number of carboxylic acids is 1. The molecule has 0 spiro atoms. The summed E-state index contributed by atoms with van der Waals surface area (Å²) in [4.78, 5) is 34.9. The van der Waals surface area contributed by atoms with Gasteiger partial charge < -0.3 is 20.1 Å². The molecule has 2 amide bonds. The van der Waals surface area contributed by atoms with Crippen molar-refractivity contribution in [2.24, 2.45) is 5.92 Å². The predicted octanol–water partition coefficient (Wildman–Crippen LogP) is 1.47. The van der Waals surface area contributed by atoms with Crippen LogP contribution in [-0.2, 0) is 14.3 Å². The zero-order valence-electron chi connectivity index (χ0n) is 13.1. The van der Waals surface area contributed by atoms with Crippen LogP contribution in [0.2, 0.25) is 0 Å². The van der Waals surface area contributed by atoms with Gasteiger partial charge in [-0.25, -0.2) is 4.79 Å². The van der Waals surface area contributed by atoms with Gasteiger partial charge in [-0.05, 0) is 25.7 Å². The SMILES string of the molecule is CCC(CCNC(=O)N(CC)CC(=O)OC)CCC(=O)O. The Balaban J connectivity index is 4.09. The van der Waals surface area contributed by atoms with Crippen molar-refractivity contribution in [1.29, 1.82) is 0 Å². The highest BCUT2D eigenvalue weighted by Gasteiger charge is 2.16. The highest BCUT2D eigenvalue weighted by atomic mass is 16.5. The van der Waals surface area contributed by atoms with Crippen molar-refractivity contribution in [1.82, 2.24) is 10.2 Å². The first kappa shape index (κ1) is 19.2. The van der Waals surface area contributed by atoms with Gasteiger partial charge in [0.25, 0.3) is 0 Å². The molecular formula is C14H26N2O5. The number of nitrogens with one attached hydrogen (secondary N) is 1. The minimum Gasteiger partial charge on any atom is -0.481 e. The number of ether oxygens (including phenoxy) is 1. The molecule has 2 N–H and O–H groups in total. The molecule has 0 aromatic carbocycles. The Morgan fingerprint density at radius 2 is 1.90 bits per heavy atom. The quantitative estimate of drug-likeness (QED) is 0.596. The molecule has 0 rings (SSSR count). The first-order valence-electron chi connectivity index (χ1n) is 7.25. The van der Waals surface area contributed by atoms with Gasteiger partial charge in [0.1, 0.15) is 6.54 Å². The minimum atomic E-state index is -0.798. The Hall–Kier alpha value is -1.79. The van der Waals surface area contributed by atoms with Crippen molar-refractivity contribution >= 4 is 18.0 Å². The molecule has 0 fully saturated rings. The van der Waals surface area contributed by atoms with E-state index in [2.05, 4.69) is 10.1 Å². The summed E-state index contributed by atoms with van der Waals surface area (Å²) in [6.07, 6.45) is 2.37. The molecular weight excluding hydrogens is 276 g/mol. The van der Waals surface area contributed by atoms with Gasteiger partial charge >= 0.3 is 18.0 Å². The number of nitrogens with zero attached hydrogens (tertiary/aromatic N) is 1. The molecule has 0 aliphatic rings. The van der Waals surface area contributed by atoms with Crippen molar-refractivity contribution in [3.05, 3.63) is 0 Å². The number of likely N-dealkylation sites (N-methyl/N-ethyl adjacent to an activating group) is 1. The Bertz CT molecular complexity index is 346. The van der Waals surface area contributed by atoms with E-state index in [4.69, 9.17) is 5.11 Å². The molecule has 0 saturated carbocycles. The lowest BCUT2D eigenvalue weighted by Crippen LogP contribution is -2.43. The molecule has 7 heteroatoms.